The van der Waals surface area contributed by atoms with Crippen LogP contribution in [0.25, 0.3) is 0 Å². The maximum absolute atomic E-state index is 12.0. The molecule has 9 heteroatoms. The van der Waals surface area contributed by atoms with E-state index >= 15 is 0 Å². The van der Waals surface area contributed by atoms with Crippen LogP contribution in [0.15, 0.2) is 57.1 Å². The number of hydrogen-bond acceptors (Lipinski definition) is 5. The highest BCUT2D eigenvalue weighted by Gasteiger charge is 2.11. The Morgan fingerprint density at radius 3 is 2.54 bits per heavy atom. The first-order valence-corrected chi connectivity index (χ1v) is 8.89. The number of nitrogens with one attached hydrogen (secondary N) is 2. The molecule has 8 nitrogen and oxygen atoms in total. The molecular formula is C15H19N3O5S. The van der Waals surface area contributed by atoms with Crippen molar-refractivity contribution in [2.75, 3.05) is 13.2 Å². The van der Waals surface area contributed by atoms with Crippen LogP contribution in [0, 0.1) is 0 Å². The smallest absolute Gasteiger partial charge is 0.330 e. The second-order valence-corrected chi connectivity index (χ2v) is 6.80. The average molecular weight is 353 g/mol. The van der Waals surface area contributed by atoms with Gasteiger partial charge >= 0.3 is 5.69 Å². The highest BCUT2D eigenvalue weighted by Crippen LogP contribution is 2.06. The van der Waals surface area contributed by atoms with Crippen molar-refractivity contribution in [3.63, 3.8) is 0 Å². The van der Waals surface area contributed by atoms with Gasteiger partial charge in [0, 0.05) is 25.4 Å². The molecule has 0 saturated carbocycles. The second-order valence-electron chi connectivity index (χ2n) is 5.04. The molecule has 1 aromatic heterocycles. The van der Waals surface area contributed by atoms with Crippen LogP contribution in [0.2, 0.25) is 0 Å². The van der Waals surface area contributed by atoms with Gasteiger partial charge in [-0.1, -0.05) is 18.2 Å². The topological polar surface area (TPSA) is 110 Å². The SMILES string of the molecule is O=c1ccn(COCCCCNS(=O)(=O)c2ccccc2)c(=O)[nH]1. The summed E-state index contributed by atoms with van der Waals surface area (Å²) in [6.45, 7) is 0.711. The molecule has 0 aliphatic heterocycles. The maximum atomic E-state index is 12.0. The Bertz CT molecular complexity index is 858. The lowest BCUT2D eigenvalue weighted by molar-refractivity contribution is 0.0711. The number of ether oxygens (including phenoxy) is 1. The Kier molecular flexibility index (Phi) is 6.47. The molecule has 2 rings (SSSR count). The molecule has 0 fully saturated rings. The zero-order chi connectivity index (χ0) is 17.4. The van der Waals surface area contributed by atoms with Crippen molar-refractivity contribution in [2.24, 2.45) is 0 Å². The molecule has 1 aromatic carbocycles. The van der Waals surface area contributed by atoms with Crippen LogP contribution in [0.4, 0.5) is 0 Å². The van der Waals surface area contributed by atoms with E-state index in [4.69, 9.17) is 4.74 Å². The van der Waals surface area contributed by atoms with Gasteiger partial charge in [-0.3, -0.25) is 14.3 Å². The number of benzene rings is 1. The van der Waals surface area contributed by atoms with Crippen LogP contribution < -0.4 is 16.0 Å². The van der Waals surface area contributed by atoms with Gasteiger partial charge in [0.25, 0.3) is 5.56 Å². The van der Waals surface area contributed by atoms with Gasteiger partial charge in [0.1, 0.15) is 6.73 Å². The van der Waals surface area contributed by atoms with E-state index in [-0.39, 0.29) is 11.6 Å². The van der Waals surface area contributed by atoms with Crippen molar-refractivity contribution >= 4 is 10.0 Å². The summed E-state index contributed by atoms with van der Waals surface area (Å²) in [5.41, 5.74) is -0.986. The third-order valence-electron chi connectivity index (χ3n) is 3.19. The van der Waals surface area contributed by atoms with Gasteiger partial charge < -0.3 is 4.74 Å². The molecule has 0 aliphatic rings. The van der Waals surface area contributed by atoms with Crippen molar-refractivity contribution in [1.82, 2.24) is 14.3 Å². The predicted octanol–water partition coefficient (Wildman–Crippen LogP) is 0.269. The monoisotopic (exact) mass is 353 g/mol. The van der Waals surface area contributed by atoms with Crippen molar-refractivity contribution in [2.45, 2.75) is 24.5 Å². The number of nitrogens with zero attached hydrogens (tertiary/aromatic N) is 1. The molecule has 1 heterocycles. The minimum absolute atomic E-state index is 0.0331. The van der Waals surface area contributed by atoms with Crippen LogP contribution in [0.3, 0.4) is 0 Å². The highest BCUT2D eigenvalue weighted by atomic mass is 32.2. The van der Waals surface area contributed by atoms with Gasteiger partial charge in [-0.15, -0.1) is 0 Å². The summed E-state index contributed by atoms with van der Waals surface area (Å²) < 4.78 is 33.0. The highest BCUT2D eigenvalue weighted by molar-refractivity contribution is 7.89. The van der Waals surface area contributed by atoms with Crippen molar-refractivity contribution < 1.29 is 13.2 Å². The van der Waals surface area contributed by atoms with Crippen LogP contribution in [0.1, 0.15) is 12.8 Å². The lowest BCUT2D eigenvalue weighted by atomic mass is 10.3. The standard InChI is InChI=1S/C15H19N3O5S/c19-14-8-10-18(15(20)17-14)12-23-11-5-4-9-16-24(21,22)13-6-2-1-3-7-13/h1-3,6-8,10,16H,4-5,9,11-12H2,(H,17,19,20). The summed E-state index contributed by atoms with van der Waals surface area (Å²) in [6, 6.07) is 9.40. The fourth-order valence-electron chi connectivity index (χ4n) is 1.93. The normalized spacial score (nSPS) is 11.5. The third-order valence-corrected chi connectivity index (χ3v) is 4.67. The summed E-state index contributed by atoms with van der Waals surface area (Å²) in [4.78, 5) is 24.7. The number of aromatic amines is 1. The molecule has 130 valence electrons. The average Bonchev–Trinajstić information content (AvgIpc) is 2.56. The largest absolute Gasteiger partial charge is 0.361 e. The molecule has 2 N–H and O–H groups in total. The first-order valence-electron chi connectivity index (χ1n) is 7.41. The minimum Gasteiger partial charge on any atom is -0.361 e. The number of unbranched alkanes of at least 4 members (excludes halogenated alkanes) is 1. The Hall–Kier alpha value is -2.23. The summed E-state index contributed by atoms with van der Waals surface area (Å²) in [5.74, 6) is 0. The zero-order valence-electron chi connectivity index (χ0n) is 13.0. The Balaban J connectivity index is 1.65. The van der Waals surface area contributed by atoms with E-state index in [2.05, 4.69) is 9.71 Å². The molecule has 0 atom stereocenters. The molecule has 0 saturated heterocycles. The molecule has 24 heavy (non-hydrogen) atoms. The van der Waals surface area contributed by atoms with E-state index in [1.165, 1.54) is 29.0 Å². The molecule has 0 spiro atoms. The van der Waals surface area contributed by atoms with Gasteiger partial charge in [0.2, 0.25) is 10.0 Å². The summed E-state index contributed by atoms with van der Waals surface area (Å²) >= 11 is 0. The molecule has 2 aromatic rings. The summed E-state index contributed by atoms with van der Waals surface area (Å²) in [6.07, 6.45) is 2.59. The van der Waals surface area contributed by atoms with Crippen molar-refractivity contribution in [1.29, 1.82) is 0 Å². The van der Waals surface area contributed by atoms with Crippen LogP contribution in [-0.4, -0.2) is 31.1 Å². The van der Waals surface area contributed by atoms with Crippen LogP contribution in [-0.2, 0) is 21.5 Å². The van der Waals surface area contributed by atoms with E-state index in [1.807, 2.05) is 0 Å². The van der Waals surface area contributed by atoms with Crippen LogP contribution >= 0.6 is 0 Å². The second kappa shape index (κ2) is 8.57. The van der Waals surface area contributed by atoms with Crippen molar-refractivity contribution in [3.8, 4) is 0 Å². The Labute approximate surface area is 139 Å². The number of H-pyrrole nitrogens is 1. The Morgan fingerprint density at radius 1 is 1.08 bits per heavy atom. The number of aromatic nitrogens is 2. The molecule has 0 amide bonds. The molecule has 0 radical (unpaired) electrons. The van der Waals surface area contributed by atoms with E-state index in [9.17, 15) is 18.0 Å². The predicted molar refractivity (Wildman–Crippen MR) is 88.1 cm³/mol. The fraction of sp³-hybridized carbons (Fsp3) is 0.333. The molecule has 0 aliphatic carbocycles. The van der Waals surface area contributed by atoms with Gasteiger partial charge in [-0.25, -0.2) is 17.9 Å². The molecule has 0 bridgehead atoms. The lowest BCUT2D eigenvalue weighted by Crippen LogP contribution is -2.29. The minimum atomic E-state index is -3.48. The molecular weight excluding hydrogens is 334 g/mol. The lowest BCUT2D eigenvalue weighted by Gasteiger charge is -2.08. The van der Waals surface area contributed by atoms with E-state index in [0.717, 1.165) is 0 Å². The number of sulfonamides is 1. The molecule has 0 unspecified atom stereocenters. The zero-order valence-corrected chi connectivity index (χ0v) is 13.8. The van der Waals surface area contributed by atoms with E-state index in [0.29, 0.717) is 26.0 Å². The third kappa shape index (κ3) is 5.44. The van der Waals surface area contributed by atoms with Gasteiger partial charge in [-0.05, 0) is 25.0 Å². The van der Waals surface area contributed by atoms with Crippen molar-refractivity contribution in [3.05, 3.63) is 63.4 Å². The first kappa shape index (κ1) is 18.1. The van der Waals surface area contributed by atoms with E-state index < -0.39 is 21.3 Å². The summed E-state index contributed by atoms with van der Waals surface area (Å²) in [5, 5.41) is 0. The first-order chi connectivity index (χ1) is 11.5. The van der Waals surface area contributed by atoms with Gasteiger partial charge in [-0.2, -0.15) is 0 Å². The fourth-order valence-corrected chi connectivity index (χ4v) is 3.02. The van der Waals surface area contributed by atoms with Gasteiger partial charge in [0.15, 0.2) is 0 Å². The van der Waals surface area contributed by atoms with E-state index in [1.54, 1.807) is 18.2 Å². The number of rotatable bonds is 9. The number of hydrogen-bond donors (Lipinski definition) is 2. The maximum Gasteiger partial charge on any atom is 0.330 e. The Morgan fingerprint density at radius 2 is 1.83 bits per heavy atom. The van der Waals surface area contributed by atoms with Gasteiger partial charge in [0.05, 0.1) is 4.90 Å². The van der Waals surface area contributed by atoms with Crippen LogP contribution in [0.5, 0.6) is 0 Å². The summed E-state index contributed by atoms with van der Waals surface area (Å²) in [7, 11) is -3.48. The quantitative estimate of drug-likeness (QED) is 0.629.